The number of hydrazine groups is 1. The summed E-state index contributed by atoms with van der Waals surface area (Å²) in [5, 5.41) is 1.83. The van der Waals surface area contributed by atoms with Crippen molar-refractivity contribution in [3.8, 4) is 0 Å². The number of ether oxygens (including phenoxy) is 2. The van der Waals surface area contributed by atoms with Crippen LogP contribution in [-0.2, 0) is 16.0 Å². The van der Waals surface area contributed by atoms with Gasteiger partial charge in [-0.05, 0) is 0 Å². The Morgan fingerprint density at radius 3 is 2.75 bits per heavy atom. The van der Waals surface area contributed by atoms with E-state index in [4.69, 9.17) is 15.2 Å². The van der Waals surface area contributed by atoms with Crippen LogP contribution in [0.5, 0.6) is 0 Å². The van der Waals surface area contributed by atoms with E-state index in [0.29, 0.717) is 32.9 Å². The molecule has 0 spiro atoms. The molecule has 9 heteroatoms. The van der Waals surface area contributed by atoms with E-state index in [2.05, 4.69) is 10.4 Å². The SMILES string of the molecule is COCCn1c(N)c(NN2CCOCC2)c(=O)[nH]c1=O. The molecule has 20 heavy (non-hydrogen) atoms. The summed E-state index contributed by atoms with van der Waals surface area (Å²) in [5.41, 5.74) is 7.95. The molecule has 2 rings (SSSR count). The smallest absolute Gasteiger partial charge is 0.330 e. The Morgan fingerprint density at radius 2 is 2.10 bits per heavy atom. The first-order chi connectivity index (χ1) is 9.63. The van der Waals surface area contributed by atoms with Gasteiger partial charge in [0.05, 0.1) is 26.4 Å². The Labute approximate surface area is 115 Å². The van der Waals surface area contributed by atoms with Crippen LogP contribution in [-0.4, -0.2) is 54.6 Å². The van der Waals surface area contributed by atoms with Crippen molar-refractivity contribution < 1.29 is 9.47 Å². The number of aromatic amines is 1. The summed E-state index contributed by atoms with van der Waals surface area (Å²) < 4.78 is 11.4. The van der Waals surface area contributed by atoms with Gasteiger partial charge >= 0.3 is 5.69 Å². The Hall–Kier alpha value is -1.84. The predicted molar refractivity (Wildman–Crippen MR) is 73.6 cm³/mol. The lowest BCUT2D eigenvalue weighted by molar-refractivity contribution is 0.0496. The Morgan fingerprint density at radius 1 is 1.40 bits per heavy atom. The molecule has 1 aromatic rings. The number of nitrogens with two attached hydrogens (primary N) is 1. The number of nitrogen functional groups attached to an aromatic ring is 1. The van der Waals surface area contributed by atoms with E-state index in [9.17, 15) is 9.59 Å². The molecule has 4 N–H and O–H groups in total. The highest BCUT2D eigenvalue weighted by atomic mass is 16.5. The van der Waals surface area contributed by atoms with Crippen molar-refractivity contribution >= 4 is 11.5 Å². The minimum absolute atomic E-state index is 0.0993. The fourth-order valence-electron chi connectivity index (χ4n) is 1.93. The molecule has 0 radical (unpaired) electrons. The molecule has 1 aromatic heterocycles. The molecule has 0 atom stereocenters. The van der Waals surface area contributed by atoms with Gasteiger partial charge in [-0.2, -0.15) is 0 Å². The average molecular weight is 285 g/mol. The number of anilines is 2. The highest BCUT2D eigenvalue weighted by Crippen LogP contribution is 2.11. The summed E-state index contributed by atoms with van der Waals surface area (Å²) in [4.78, 5) is 25.8. The van der Waals surface area contributed by atoms with Crippen molar-refractivity contribution in [1.82, 2.24) is 14.6 Å². The standard InChI is InChI=1S/C11H19N5O4/c1-19-5-4-16-9(12)8(10(17)13-11(16)18)14-15-2-6-20-7-3-15/h14H,2-7,12H2,1H3,(H,13,17,18). The van der Waals surface area contributed by atoms with Crippen LogP contribution in [0.3, 0.4) is 0 Å². The van der Waals surface area contributed by atoms with Crippen LogP contribution >= 0.6 is 0 Å². The van der Waals surface area contributed by atoms with E-state index >= 15 is 0 Å². The van der Waals surface area contributed by atoms with Crippen molar-refractivity contribution in [2.75, 3.05) is 51.2 Å². The predicted octanol–water partition coefficient (Wildman–Crippen LogP) is -1.58. The third-order valence-electron chi connectivity index (χ3n) is 3.04. The van der Waals surface area contributed by atoms with Gasteiger partial charge in [0.2, 0.25) is 0 Å². The van der Waals surface area contributed by atoms with Gasteiger partial charge < -0.3 is 20.6 Å². The molecule has 0 amide bonds. The average Bonchev–Trinajstić information content (AvgIpc) is 2.44. The fourth-order valence-corrected chi connectivity index (χ4v) is 1.93. The van der Waals surface area contributed by atoms with Crippen molar-refractivity contribution in [1.29, 1.82) is 0 Å². The van der Waals surface area contributed by atoms with Crippen LogP contribution in [0.25, 0.3) is 0 Å². The third-order valence-corrected chi connectivity index (χ3v) is 3.04. The monoisotopic (exact) mass is 285 g/mol. The number of nitrogens with one attached hydrogen (secondary N) is 2. The van der Waals surface area contributed by atoms with Gasteiger partial charge in [0.25, 0.3) is 5.56 Å². The highest BCUT2D eigenvalue weighted by Gasteiger charge is 2.16. The van der Waals surface area contributed by atoms with Crippen molar-refractivity contribution in [3.05, 3.63) is 20.8 Å². The first-order valence-electron chi connectivity index (χ1n) is 6.34. The maximum atomic E-state index is 11.9. The van der Waals surface area contributed by atoms with Gasteiger partial charge in [-0.25, -0.2) is 9.80 Å². The van der Waals surface area contributed by atoms with E-state index in [1.54, 1.807) is 0 Å². The second-order valence-electron chi connectivity index (χ2n) is 4.38. The number of aromatic nitrogens is 2. The quantitative estimate of drug-likeness (QED) is 0.598. The molecule has 112 valence electrons. The molecule has 0 aromatic carbocycles. The van der Waals surface area contributed by atoms with Crippen LogP contribution in [0.2, 0.25) is 0 Å². The molecule has 0 unspecified atom stereocenters. The molecule has 0 aliphatic carbocycles. The first-order valence-corrected chi connectivity index (χ1v) is 6.34. The van der Waals surface area contributed by atoms with Crippen molar-refractivity contribution in [2.24, 2.45) is 0 Å². The zero-order chi connectivity index (χ0) is 14.5. The minimum Gasteiger partial charge on any atom is -0.383 e. The second kappa shape index (κ2) is 6.55. The summed E-state index contributed by atoms with van der Waals surface area (Å²) >= 11 is 0. The fraction of sp³-hybridized carbons (Fsp3) is 0.636. The van der Waals surface area contributed by atoms with Gasteiger partial charge in [0.15, 0.2) is 5.69 Å². The first kappa shape index (κ1) is 14.6. The summed E-state index contributed by atoms with van der Waals surface area (Å²) in [5.74, 6) is 0.0993. The van der Waals surface area contributed by atoms with Gasteiger partial charge in [0, 0.05) is 20.2 Å². The lowest BCUT2D eigenvalue weighted by Crippen LogP contribution is -2.43. The summed E-state index contributed by atoms with van der Waals surface area (Å²) in [7, 11) is 1.53. The Bertz CT molecular complexity index is 561. The zero-order valence-corrected chi connectivity index (χ0v) is 11.3. The minimum atomic E-state index is -0.544. The molecular formula is C11H19N5O4. The molecule has 1 aliphatic heterocycles. The van der Waals surface area contributed by atoms with Crippen LogP contribution < -0.4 is 22.4 Å². The molecule has 9 nitrogen and oxygen atoms in total. The lowest BCUT2D eigenvalue weighted by atomic mass is 10.4. The number of morpholine rings is 1. The Balaban J connectivity index is 2.26. The number of hydrogen-bond donors (Lipinski definition) is 3. The summed E-state index contributed by atoms with van der Waals surface area (Å²) in [6, 6.07) is 0. The molecule has 1 aliphatic rings. The number of H-pyrrole nitrogens is 1. The lowest BCUT2D eigenvalue weighted by Gasteiger charge is -2.28. The third kappa shape index (κ3) is 3.18. The molecule has 1 fully saturated rings. The van der Waals surface area contributed by atoms with Crippen molar-refractivity contribution in [2.45, 2.75) is 6.54 Å². The molecule has 0 saturated carbocycles. The largest absolute Gasteiger partial charge is 0.383 e. The number of hydrogen-bond acceptors (Lipinski definition) is 7. The van der Waals surface area contributed by atoms with Crippen LogP contribution in [0.4, 0.5) is 11.5 Å². The molecular weight excluding hydrogens is 266 g/mol. The number of methoxy groups -OCH3 is 1. The maximum absolute atomic E-state index is 11.9. The van der Waals surface area contributed by atoms with E-state index in [-0.39, 0.29) is 18.1 Å². The van der Waals surface area contributed by atoms with E-state index in [1.807, 2.05) is 5.01 Å². The van der Waals surface area contributed by atoms with E-state index < -0.39 is 11.2 Å². The molecule has 0 bridgehead atoms. The van der Waals surface area contributed by atoms with E-state index in [1.165, 1.54) is 11.7 Å². The maximum Gasteiger partial charge on any atom is 0.330 e. The van der Waals surface area contributed by atoms with Crippen LogP contribution in [0.1, 0.15) is 0 Å². The zero-order valence-electron chi connectivity index (χ0n) is 11.3. The van der Waals surface area contributed by atoms with Crippen LogP contribution in [0, 0.1) is 0 Å². The molecule has 1 saturated heterocycles. The topological polar surface area (TPSA) is 115 Å². The number of rotatable bonds is 5. The summed E-state index contributed by atoms with van der Waals surface area (Å²) in [6.07, 6.45) is 0. The molecule has 2 heterocycles. The van der Waals surface area contributed by atoms with Gasteiger partial charge in [-0.1, -0.05) is 0 Å². The van der Waals surface area contributed by atoms with Gasteiger partial charge in [0.1, 0.15) is 5.82 Å². The van der Waals surface area contributed by atoms with Crippen molar-refractivity contribution in [3.63, 3.8) is 0 Å². The highest BCUT2D eigenvalue weighted by molar-refractivity contribution is 5.59. The van der Waals surface area contributed by atoms with Gasteiger partial charge in [-0.3, -0.25) is 14.3 Å². The summed E-state index contributed by atoms with van der Waals surface area (Å²) in [6.45, 7) is 3.03. The Kier molecular flexibility index (Phi) is 4.77. The second-order valence-corrected chi connectivity index (χ2v) is 4.38. The van der Waals surface area contributed by atoms with E-state index in [0.717, 1.165) is 0 Å². The number of nitrogens with zero attached hydrogens (tertiary/aromatic N) is 2. The van der Waals surface area contributed by atoms with Gasteiger partial charge in [-0.15, -0.1) is 0 Å². The normalized spacial score (nSPS) is 16.2. The van der Waals surface area contributed by atoms with Crippen LogP contribution in [0.15, 0.2) is 9.59 Å².